The number of carbonyl (C=O) groups is 1. The summed E-state index contributed by atoms with van der Waals surface area (Å²) in [5.74, 6) is 0.341. The van der Waals surface area contributed by atoms with Gasteiger partial charge in [0.25, 0.3) is 0 Å². The Morgan fingerprint density at radius 3 is 2.33 bits per heavy atom. The van der Waals surface area contributed by atoms with Crippen LogP contribution in [0.1, 0.15) is 43.5 Å². The van der Waals surface area contributed by atoms with E-state index in [1.165, 1.54) is 16.7 Å². The SMILES string of the molecule is Cc1ccc(C(C)NC(=O)C(Br)C(C)C)c(C)c1. The molecule has 0 radical (unpaired) electrons. The molecule has 0 heterocycles. The van der Waals surface area contributed by atoms with Crippen molar-refractivity contribution >= 4 is 21.8 Å². The average molecular weight is 312 g/mol. The number of halogens is 1. The maximum Gasteiger partial charge on any atom is 0.234 e. The van der Waals surface area contributed by atoms with Gasteiger partial charge in [0, 0.05) is 0 Å². The van der Waals surface area contributed by atoms with Crippen molar-refractivity contribution in [3.8, 4) is 0 Å². The molecule has 100 valence electrons. The van der Waals surface area contributed by atoms with Crippen LogP contribution in [0.15, 0.2) is 18.2 Å². The van der Waals surface area contributed by atoms with Crippen LogP contribution >= 0.6 is 15.9 Å². The van der Waals surface area contributed by atoms with Crippen LogP contribution in [0, 0.1) is 19.8 Å². The predicted octanol–water partition coefficient (Wildman–Crippen LogP) is 3.90. The molecule has 1 aromatic rings. The molecule has 1 rings (SSSR count). The van der Waals surface area contributed by atoms with E-state index in [1.54, 1.807) is 0 Å². The van der Waals surface area contributed by atoms with Crippen molar-refractivity contribution in [1.29, 1.82) is 0 Å². The summed E-state index contributed by atoms with van der Waals surface area (Å²) in [7, 11) is 0. The molecule has 0 aliphatic carbocycles. The number of carbonyl (C=O) groups excluding carboxylic acids is 1. The lowest BCUT2D eigenvalue weighted by atomic mass is 10.00. The zero-order valence-corrected chi connectivity index (χ0v) is 13.3. The fourth-order valence-corrected chi connectivity index (χ4v) is 2.12. The van der Waals surface area contributed by atoms with E-state index in [4.69, 9.17) is 0 Å². The summed E-state index contributed by atoms with van der Waals surface area (Å²) in [5.41, 5.74) is 3.64. The fourth-order valence-electron chi connectivity index (χ4n) is 1.98. The number of hydrogen-bond acceptors (Lipinski definition) is 1. The normalized spacial score (nSPS) is 14.4. The Labute approximate surface area is 118 Å². The van der Waals surface area contributed by atoms with Crippen LogP contribution in [0.5, 0.6) is 0 Å². The summed E-state index contributed by atoms with van der Waals surface area (Å²) < 4.78 is 0. The summed E-state index contributed by atoms with van der Waals surface area (Å²) in [4.78, 5) is 11.9. The third-order valence-electron chi connectivity index (χ3n) is 3.09. The molecule has 1 amide bonds. The van der Waals surface area contributed by atoms with Crippen LogP contribution in [0.4, 0.5) is 0 Å². The molecule has 0 aliphatic heterocycles. The van der Waals surface area contributed by atoms with E-state index in [2.05, 4.69) is 53.3 Å². The monoisotopic (exact) mass is 311 g/mol. The first-order chi connectivity index (χ1) is 8.32. The van der Waals surface area contributed by atoms with Gasteiger partial charge in [0.1, 0.15) is 0 Å². The van der Waals surface area contributed by atoms with Crippen LogP contribution in [0.3, 0.4) is 0 Å². The molecule has 1 N–H and O–H groups in total. The lowest BCUT2D eigenvalue weighted by Gasteiger charge is -2.20. The standard InChI is InChI=1S/C15H22BrNO/c1-9(2)14(16)15(18)17-12(5)13-7-6-10(3)8-11(13)4/h6-9,12,14H,1-5H3,(H,17,18). The van der Waals surface area contributed by atoms with E-state index in [9.17, 15) is 4.79 Å². The van der Waals surface area contributed by atoms with Crippen molar-refractivity contribution in [1.82, 2.24) is 5.32 Å². The van der Waals surface area contributed by atoms with E-state index in [1.807, 2.05) is 20.8 Å². The van der Waals surface area contributed by atoms with Gasteiger partial charge in [-0.1, -0.05) is 53.5 Å². The highest BCUT2D eigenvalue weighted by Crippen LogP contribution is 2.20. The zero-order valence-electron chi connectivity index (χ0n) is 11.8. The maximum atomic E-state index is 12.0. The lowest BCUT2D eigenvalue weighted by Crippen LogP contribution is -2.35. The molecule has 1 aromatic carbocycles. The molecular formula is C15H22BrNO. The number of nitrogens with one attached hydrogen (secondary N) is 1. The highest BCUT2D eigenvalue weighted by molar-refractivity contribution is 9.10. The zero-order chi connectivity index (χ0) is 13.9. The summed E-state index contributed by atoms with van der Waals surface area (Å²) in [5, 5.41) is 3.05. The number of rotatable bonds is 4. The molecule has 3 heteroatoms. The second-order valence-electron chi connectivity index (χ2n) is 5.24. The molecule has 0 saturated heterocycles. The van der Waals surface area contributed by atoms with Crippen molar-refractivity contribution in [3.05, 3.63) is 34.9 Å². The van der Waals surface area contributed by atoms with Crippen LogP contribution in [-0.2, 0) is 4.79 Å². The minimum absolute atomic E-state index is 0.0388. The van der Waals surface area contributed by atoms with E-state index in [0.717, 1.165) is 0 Å². The largest absolute Gasteiger partial charge is 0.349 e. The predicted molar refractivity (Wildman–Crippen MR) is 80.0 cm³/mol. The number of alkyl halides is 1. The van der Waals surface area contributed by atoms with Crippen LogP contribution in [-0.4, -0.2) is 10.7 Å². The van der Waals surface area contributed by atoms with Gasteiger partial charge in [-0.25, -0.2) is 0 Å². The molecule has 2 nitrogen and oxygen atoms in total. The Kier molecular flexibility index (Phi) is 5.39. The Balaban J connectivity index is 2.76. The van der Waals surface area contributed by atoms with Gasteiger partial charge in [0.15, 0.2) is 0 Å². The number of benzene rings is 1. The first-order valence-electron chi connectivity index (χ1n) is 6.34. The molecule has 0 fully saturated rings. The average Bonchev–Trinajstić information content (AvgIpc) is 2.27. The summed E-state index contributed by atoms with van der Waals surface area (Å²) in [6.45, 7) is 10.2. The Bertz CT molecular complexity index is 429. The first-order valence-corrected chi connectivity index (χ1v) is 7.26. The molecular weight excluding hydrogens is 290 g/mol. The lowest BCUT2D eigenvalue weighted by molar-refractivity contribution is -0.121. The van der Waals surface area contributed by atoms with Crippen molar-refractivity contribution in [2.45, 2.75) is 45.5 Å². The van der Waals surface area contributed by atoms with Crippen molar-refractivity contribution in [2.24, 2.45) is 5.92 Å². The van der Waals surface area contributed by atoms with Crippen molar-refractivity contribution < 1.29 is 4.79 Å². The Hall–Kier alpha value is -0.830. The van der Waals surface area contributed by atoms with E-state index >= 15 is 0 Å². The van der Waals surface area contributed by atoms with Gasteiger partial charge >= 0.3 is 0 Å². The van der Waals surface area contributed by atoms with Gasteiger partial charge in [-0.3, -0.25) is 4.79 Å². The topological polar surface area (TPSA) is 29.1 Å². The minimum atomic E-state index is -0.134. The molecule has 0 aromatic heterocycles. The number of hydrogen-bond donors (Lipinski definition) is 1. The van der Waals surface area contributed by atoms with Gasteiger partial charge in [0.2, 0.25) is 5.91 Å². The van der Waals surface area contributed by atoms with Crippen LogP contribution < -0.4 is 5.32 Å². The molecule has 18 heavy (non-hydrogen) atoms. The van der Waals surface area contributed by atoms with Crippen molar-refractivity contribution in [3.63, 3.8) is 0 Å². The summed E-state index contributed by atoms with van der Waals surface area (Å²) in [6.07, 6.45) is 0. The second kappa shape index (κ2) is 6.37. The van der Waals surface area contributed by atoms with Gasteiger partial charge in [-0.05, 0) is 37.8 Å². The molecule has 2 atom stereocenters. The smallest absolute Gasteiger partial charge is 0.234 e. The van der Waals surface area contributed by atoms with Crippen LogP contribution in [0.25, 0.3) is 0 Å². The highest BCUT2D eigenvalue weighted by Gasteiger charge is 2.21. The fraction of sp³-hybridized carbons (Fsp3) is 0.533. The third kappa shape index (κ3) is 3.84. The third-order valence-corrected chi connectivity index (χ3v) is 4.56. The quantitative estimate of drug-likeness (QED) is 0.839. The molecule has 0 spiro atoms. The Morgan fingerprint density at radius 1 is 1.22 bits per heavy atom. The molecule has 2 unspecified atom stereocenters. The van der Waals surface area contributed by atoms with E-state index in [0.29, 0.717) is 0 Å². The maximum absolute atomic E-state index is 12.0. The summed E-state index contributed by atoms with van der Waals surface area (Å²) in [6, 6.07) is 6.36. The van der Waals surface area contributed by atoms with Gasteiger partial charge in [-0.15, -0.1) is 0 Å². The van der Waals surface area contributed by atoms with E-state index < -0.39 is 0 Å². The van der Waals surface area contributed by atoms with Crippen LogP contribution in [0.2, 0.25) is 0 Å². The van der Waals surface area contributed by atoms with Crippen molar-refractivity contribution in [2.75, 3.05) is 0 Å². The minimum Gasteiger partial charge on any atom is -0.349 e. The van der Waals surface area contributed by atoms with E-state index in [-0.39, 0.29) is 22.7 Å². The second-order valence-corrected chi connectivity index (χ2v) is 6.22. The molecule has 0 saturated carbocycles. The highest BCUT2D eigenvalue weighted by atomic mass is 79.9. The van der Waals surface area contributed by atoms with Gasteiger partial charge in [0.05, 0.1) is 10.9 Å². The van der Waals surface area contributed by atoms with Gasteiger partial charge < -0.3 is 5.32 Å². The number of aryl methyl sites for hydroxylation is 2. The Morgan fingerprint density at radius 2 is 1.83 bits per heavy atom. The van der Waals surface area contributed by atoms with Gasteiger partial charge in [-0.2, -0.15) is 0 Å². The first kappa shape index (κ1) is 15.2. The molecule has 0 aliphatic rings. The number of amides is 1. The summed E-state index contributed by atoms with van der Waals surface area (Å²) >= 11 is 3.43. The molecule has 0 bridgehead atoms.